The Kier molecular flexibility index (Phi) is 5.30. The van der Waals surface area contributed by atoms with Gasteiger partial charge in [0.25, 0.3) is 5.91 Å². The van der Waals surface area contributed by atoms with E-state index in [1.54, 1.807) is 24.3 Å². The predicted molar refractivity (Wildman–Crippen MR) is 95.2 cm³/mol. The summed E-state index contributed by atoms with van der Waals surface area (Å²) < 4.78 is 11.0. The van der Waals surface area contributed by atoms with Gasteiger partial charge in [-0.25, -0.2) is 4.79 Å². The fourth-order valence-corrected chi connectivity index (χ4v) is 3.32. The highest BCUT2D eigenvalue weighted by molar-refractivity contribution is 5.95. The van der Waals surface area contributed by atoms with E-state index in [-0.39, 0.29) is 11.9 Å². The van der Waals surface area contributed by atoms with E-state index in [0.717, 1.165) is 24.4 Å². The smallest absolute Gasteiger partial charge is 0.341 e. The van der Waals surface area contributed by atoms with Gasteiger partial charge in [0.2, 0.25) is 0 Å². The van der Waals surface area contributed by atoms with Crippen molar-refractivity contribution in [3.8, 4) is 5.75 Å². The number of piperidine rings is 1. The monoisotopic (exact) mass is 357 g/mol. The van der Waals surface area contributed by atoms with Crippen molar-refractivity contribution in [2.24, 2.45) is 5.92 Å². The standard InChI is InChI=1S/C20H23NO5/c1-13-8-9-21(17(10-13)18-7-6-14(2)26-18)20(24)15-4-3-5-16(11-15)25-12-19(22)23/h3-7,11,13,17H,8-10,12H2,1-2H3,(H,22,23). The van der Waals surface area contributed by atoms with Crippen molar-refractivity contribution in [2.75, 3.05) is 13.2 Å². The third-order valence-corrected chi connectivity index (χ3v) is 4.66. The fourth-order valence-electron chi connectivity index (χ4n) is 3.32. The molecule has 1 aliphatic heterocycles. The molecular formula is C20H23NO5. The molecule has 1 aromatic carbocycles. The minimum Gasteiger partial charge on any atom is -0.482 e. The molecule has 1 aliphatic rings. The van der Waals surface area contributed by atoms with Crippen molar-refractivity contribution >= 4 is 11.9 Å². The maximum absolute atomic E-state index is 13.1. The molecule has 0 radical (unpaired) electrons. The van der Waals surface area contributed by atoms with Gasteiger partial charge in [-0.1, -0.05) is 13.0 Å². The second kappa shape index (κ2) is 7.64. The first-order valence-corrected chi connectivity index (χ1v) is 8.76. The maximum atomic E-state index is 13.1. The fraction of sp³-hybridized carbons (Fsp3) is 0.400. The lowest BCUT2D eigenvalue weighted by atomic mass is 9.90. The molecule has 2 unspecified atom stereocenters. The lowest BCUT2D eigenvalue weighted by Crippen LogP contribution is -2.40. The van der Waals surface area contributed by atoms with E-state index < -0.39 is 12.6 Å². The van der Waals surface area contributed by atoms with Gasteiger partial charge < -0.3 is 19.2 Å². The Morgan fingerprint density at radius 1 is 1.31 bits per heavy atom. The second-order valence-corrected chi connectivity index (χ2v) is 6.80. The Labute approximate surface area is 152 Å². The van der Waals surface area contributed by atoms with Gasteiger partial charge in [-0.15, -0.1) is 0 Å². The SMILES string of the molecule is Cc1ccc(C2CC(C)CCN2C(=O)c2cccc(OCC(=O)O)c2)o1. The van der Waals surface area contributed by atoms with E-state index in [1.807, 2.05) is 24.0 Å². The number of carboxylic acid groups (broad SMARTS) is 1. The molecule has 0 spiro atoms. The first-order chi connectivity index (χ1) is 12.4. The quantitative estimate of drug-likeness (QED) is 0.883. The zero-order valence-electron chi connectivity index (χ0n) is 15.0. The molecule has 1 amide bonds. The zero-order chi connectivity index (χ0) is 18.7. The molecule has 26 heavy (non-hydrogen) atoms. The molecule has 0 aliphatic carbocycles. The van der Waals surface area contributed by atoms with Crippen LogP contribution in [0.4, 0.5) is 0 Å². The molecule has 2 aromatic rings. The number of nitrogens with zero attached hydrogens (tertiary/aromatic N) is 1. The van der Waals surface area contributed by atoms with E-state index >= 15 is 0 Å². The van der Waals surface area contributed by atoms with Gasteiger partial charge in [-0.3, -0.25) is 4.79 Å². The Morgan fingerprint density at radius 2 is 2.12 bits per heavy atom. The number of hydrogen-bond donors (Lipinski definition) is 1. The topological polar surface area (TPSA) is 80.0 Å². The van der Waals surface area contributed by atoms with Crippen molar-refractivity contribution in [1.82, 2.24) is 4.90 Å². The molecule has 1 N–H and O–H groups in total. The van der Waals surface area contributed by atoms with Gasteiger partial charge in [0.05, 0.1) is 6.04 Å². The van der Waals surface area contributed by atoms with Crippen molar-refractivity contribution in [1.29, 1.82) is 0 Å². The van der Waals surface area contributed by atoms with Crippen LogP contribution in [0.15, 0.2) is 40.8 Å². The van der Waals surface area contributed by atoms with E-state index in [9.17, 15) is 9.59 Å². The molecule has 0 bridgehead atoms. The second-order valence-electron chi connectivity index (χ2n) is 6.80. The summed E-state index contributed by atoms with van der Waals surface area (Å²) in [6.07, 6.45) is 1.80. The molecule has 2 heterocycles. The molecule has 1 saturated heterocycles. The molecule has 1 aromatic heterocycles. The van der Waals surface area contributed by atoms with Crippen LogP contribution in [0, 0.1) is 12.8 Å². The van der Waals surface area contributed by atoms with E-state index in [4.69, 9.17) is 14.3 Å². The third-order valence-electron chi connectivity index (χ3n) is 4.66. The number of carbonyl (C=O) groups excluding carboxylic acids is 1. The van der Waals surface area contributed by atoms with Crippen LogP contribution in [0.3, 0.4) is 0 Å². The number of rotatable bonds is 5. The van der Waals surface area contributed by atoms with Crippen molar-refractivity contribution < 1.29 is 23.8 Å². The van der Waals surface area contributed by atoms with Crippen molar-refractivity contribution in [3.63, 3.8) is 0 Å². The molecule has 1 fully saturated rings. The number of carboxylic acids is 1. The minimum atomic E-state index is -1.06. The van der Waals surface area contributed by atoms with Crippen LogP contribution in [-0.2, 0) is 4.79 Å². The number of furan rings is 1. The average Bonchev–Trinajstić information content (AvgIpc) is 3.06. The summed E-state index contributed by atoms with van der Waals surface area (Å²) >= 11 is 0. The highest BCUT2D eigenvalue weighted by Crippen LogP contribution is 2.36. The number of carbonyl (C=O) groups is 2. The van der Waals surface area contributed by atoms with Crippen molar-refractivity contribution in [2.45, 2.75) is 32.7 Å². The highest BCUT2D eigenvalue weighted by atomic mass is 16.5. The summed E-state index contributed by atoms with van der Waals surface area (Å²) in [7, 11) is 0. The number of aryl methyl sites for hydroxylation is 1. The normalized spacial score (nSPS) is 20.0. The summed E-state index contributed by atoms with van der Waals surface area (Å²) in [4.78, 5) is 25.6. The van der Waals surface area contributed by atoms with Gasteiger partial charge in [0.15, 0.2) is 6.61 Å². The number of amides is 1. The van der Waals surface area contributed by atoms with Crippen molar-refractivity contribution in [3.05, 3.63) is 53.5 Å². The largest absolute Gasteiger partial charge is 0.482 e. The predicted octanol–water partition coefficient (Wildman–Crippen LogP) is 3.66. The number of hydrogen-bond acceptors (Lipinski definition) is 4. The Hall–Kier alpha value is -2.76. The molecule has 0 saturated carbocycles. The minimum absolute atomic E-state index is 0.0939. The lowest BCUT2D eigenvalue weighted by Gasteiger charge is -2.37. The van der Waals surface area contributed by atoms with Crippen LogP contribution in [0.25, 0.3) is 0 Å². The number of benzene rings is 1. The van der Waals surface area contributed by atoms with Crippen LogP contribution < -0.4 is 4.74 Å². The van der Waals surface area contributed by atoms with Gasteiger partial charge in [0, 0.05) is 12.1 Å². The molecule has 6 heteroatoms. The molecular weight excluding hydrogens is 334 g/mol. The zero-order valence-corrected chi connectivity index (χ0v) is 15.0. The number of aliphatic carboxylic acids is 1. The molecule has 138 valence electrons. The summed E-state index contributed by atoms with van der Waals surface area (Å²) in [5.41, 5.74) is 0.482. The Balaban J connectivity index is 1.82. The van der Waals surface area contributed by atoms with E-state index in [1.165, 1.54) is 0 Å². The Morgan fingerprint density at radius 3 is 2.81 bits per heavy atom. The summed E-state index contributed by atoms with van der Waals surface area (Å²) in [5, 5.41) is 8.73. The number of ether oxygens (including phenoxy) is 1. The van der Waals surface area contributed by atoms with Gasteiger partial charge in [-0.05, 0) is 56.0 Å². The first-order valence-electron chi connectivity index (χ1n) is 8.76. The van der Waals surface area contributed by atoms with E-state index in [2.05, 4.69) is 6.92 Å². The molecule has 3 rings (SSSR count). The van der Waals surface area contributed by atoms with Gasteiger partial charge in [-0.2, -0.15) is 0 Å². The van der Waals surface area contributed by atoms with Crippen LogP contribution in [0.1, 0.15) is 47.7 Å². The summed E-state index contributed by atoms with van der Waals surface area (Å²) in [5.74, 6) is 1.36. The lowest BCUT2D eigenvalue weighted by molar-refractivity contribution is -0.139. The van der Waals surface area contributed by atoms with Crippen LogP contribution >= 0.6 is 0 Å². The van der Waals surface area contributed by atoms with E-state index in [0.29, 0.717) is 23.8 Å². The number of likely N-dealkylation sites (tertiary alicyclic amines) is 1. The first kappa shape index (κ1) is 18.0. The summed E-state index contributed by atoms with van der Waals surface area (Å²) in [6, 6.07) is 10.4. The molecule has 6 nitrogen and oxygen atoms in total. The average molecular weight is 357 g/mol. The third kappa shape index (κ3) is 4.07. The maximum Gasteiger partial charge on any atom is 0.341 e. The summed E-state index contributed by atoms with van der Waals surface area (Å²) in [6.45, 7) is 4.30. The Bertz CT molecular complexity index is 797. The highest BCUT2D eigenvalue weighted by Gasteiger charge is 2.33. The van der Waals surface area contributed by atoms with Gasteiger partial charge >= 0.3 is 5.97 Å². The van der Waals surface area contributed by atoms with Crippen LogP contribution in [0.2, 0.25) is 0 Å². The van der Waals surface area contributed by atoms with Crippen LogP contribution in [-0.4, -0.2) is 35.0 Å². The van der Waals surface area contributed by atoms with Crippen LogP contribution in [0.5, 0.6) is 5.75 Å². The molecule has 2 atom stereocenters. The van der Waals surface area contributed by atoms with Gasteiger partial charge in [0.1, 0.15) is 17.3 Å².